The first-order valence-electron chi connectivity index (χ1n) is 4.49. The van der Waals surface area contributed by atoms with Crippen molar-refractivity contribution in [2.24, 2.45) is 0 Å². The number of hydrogen-bond donors (Lipinski definition) is 1. The SMILES string of the molecule is [CH2-]CCNC[C-]=CC(=[N-])COCOC.[Li+]. The summed E-state index contributed by atoms with van der Waals surface area (Å²) in [5, 5.41) is 12.3. The monoisotopic (exact) mass is 204 g/mol. The van der Waals surface area contributed by atoms with E-state index in [0.29, 0.717) is 6.54 Å². The van der Waals surface area contributed by atoms with E-state index in [2.05, 4.69) is 23.1 Å². The molecule has 0 aromatic heterocycles. The number of ether oxygens (including phenoxy) is 2. The summed E-state index contributed by atoms with van der Waals surface area (Å²) in [7, 11) is 1.53. The second kappa shape index (κ2) is 13.9. The molecule has 0 heterocycles. The van der Waals surface area contributed by atoms with Crippen LogP contribution in [-0.2, 0) is 9.47 Å². The minimum absolute atomic E-state index is 0. The Kier molecular flexibility index (Phi) is 16.0. The van der Waals surface area contributed by atoms with Gasteiger partial charge in [-0.25, -0.2) is 0 Å². The molecule has 82 valence electrons. The first kappa shape index (κ1) is 17.3. The number of hydrogen-bond acceptors (Lipinski definition) is 3. The minimum atomic E-state index is 0. The van der Waals surface area contributed by atoms with Crippen LogP contribution in [0, 0.1) is 13.0 Å². The Morgan fingerprint density at radius 2 is 2.33 bits per heavy atom. The second-order valence-electron chi connectivity index (χ2n) is 2.63. The molecule has 0 unspecified atom stereocenters. The summed E-state index contributed by atoms with van der Waals surface area (Å²) in [6.45, 7) is 5.46. The molecule has 15 heavy (non-hydrogen) atoms. The van der Waals surface area contributed by atoms with Gasteiger partial charge < -0.3 is 32.8 Å². The zero-order chi connectivity index (χ0) is 10.6. The van der Waals surface area contributed by atoms with E-state index in [4.69, 9.17) is 4.74 Å². The van der Waals surface area contributed by atoms with E-state index < -0.39 is 0 Å². The minimum Gasteiger partial charge on any atom is -0.906 e. The van der Waals surface area contributed by atoms with Crippen molar-refractivity contribution < 1.29 is 28.3 Å². The Hall–Kier alpha value is -0.113. The quantitative estimate of drug-likeness (QED) is 0.152. The Morgan fingerprint density at radius 1 is 1.60 bits per heavy atom. The van der Waals surface area contributed by atoms with Gasteiger partial charge in [0.1, 0.15) is 6.79 Å². The molecule has 1 N–H and O–H groups in total. The topological polar surface area (TPSA) is 52.8 Å². The van der Waals surface area contributed by atoms with Gasteiger partial charge in [-0.15, -0.1) is 0 Å². The van der Waals surface area contributed by atoms with Crippen LogP contribution in [-0.4, -0.2) is 39.3 Å². The van der Waals surface area contributed by atoms with Gasteiger partial charge >= 0.3 is 18.9 Å². The third-order valence-electron chi connectivity index (χ3n) is 1.30. The number of methoxy groups -OCH3 is 1. The molecule has 0 aromatic rings. The van der Waals surface area contributed by atoms with Crippen LogP contribution in [0.2, 0.25) is 0 Å². The van der Waals surface area contributed by atoms with E-state index in [1.54, 1.807) is 0 Å². The first-order chi connectivity index (χ1) is 6.81. The van der Waals surface area contributed by atoms with Crippen LogP contribution in [0.5, 0.6) is 0 Å². The van der Waals surface area contributed by atoms with Crippen molar-refractivity contribution >= 4 is 5.71 Å². The maximum Gasteiger partial charge on any atom is 1.00 e. The van der Waals surface area contributed by atoms with Crippen molar-refractivity contribution in [3.63, 3.8) is 0 Å². The molecule has 0 aliphatic heterocycles. The Labute approximate surface area is 104 Å². The fraction of sp³-hybridized carbons (Fsp3) is 0.600. The fourth-order valence-corrected chi connectivity index (χ4v) is 0.726. The van der Waals surface area contributed by atoms with Gasteiger partial charge in [0.15, 0.2) is 0 Å². The smallest absolute Gasteiger partial charge is 0.906 e. The van der Waals surface area contributed by atoms with Gasteiger partial charge in [-0.2, -0.15) is 6.42 Å². The maximum atomic E-state index is 9.21. The molecule has 0 aliphatic carbocycles. The molecule has 5 heteroatoms. The van der Waals surface area contributed by atoms with Crippen LogP contribution in [0.15, 0.2) is 6.08 Å². The first-order valence-corrected chi connectivity index (χ1v) is 4.49. The van der Waals surface area contributed by atoms with Crippen molar-refractivity contribution in [2.45, 2.75) is 6.42 Å². The molecule has 0 saturated carbocycles. The fourth-order valence-electron chi connectivity index (χ4n) is 0.726. The van der Waals surface area contributed by atoms with Gasteiger partial charge in [-0.1, -0.05) is 6.54 Å². The third-order valence-corrected chi connectivity index (χ3v) is 1.30. The normalized spacial score (nSPS) is 10.3. The van der Waals surface area contributed by atoms with Crippen molar-refractivity contribution in [1.29, 1.82) is 0 Å². The predicted molar refractivity (Wildman–Crippen MR) is 56.9 cm³/mol. The van der Waals surface area contributed by atoms with Crippen LogP contribution in [0.25, 0.3) is 5.41 Å². The van der Waals surface area contributed by atoms with Gasteiger partial charge in [0.2, 0.25) is 0 Å². The van der Waals surface area contributed by atoms with Gasteiger partial charge in [-0.05, 0) is 13.2 Å². The molecule has 0 aromatic carbocycles. The number of nitrogens with one attached hydrogen (secondary N) is 1. The molecular formula is C10H17LiN2O2-2. The van der Waals surface area contributed by atoms with Crippen molar-refractivity contribution in [3.05, 3.63) is 24.5 Å². The second-order valence-corrected chi connectivity index (χ2v) is 2.63. The van der Waals surface area contributed by atoms with Crippen molar-refractivity contribution in [3.8, 4) is 0 Å². The molecule has 0 radical (unpaired) electrons. The zero-order valence-corrected chi connectivity index (χ0v) is 9.58. The summed E-state index contributed by atoms with van der Waals surface area (Å²) in [5.74, 6) is 0. The average Bonchev–Trinajstić information content (AvgIpc) is 2.18. The van der Waals surface area contributed by atoms with E-state index >= 15 is 0 Å². The van der Waals surface area contributed by atoms with Gasteiger partial charge in [0, 0.05) is 7.11 Å². The Balaban J connectivity index is 0. The van der Waals surface area contributed by atoms with Crippen LogP contribution in [0.4, 0.5) is 0 Å². The maximum absolute atomic E-state index is 9.21. The van der Waals surface area contributed by atoms with Crippen LogP contribution in [0.3, 0.4) is 0 Å². The van der Waals surface area contributed by atoms with E-state index in [1.165, 1.54) is 13.2 Å². The summed E-state index contributed by atoms with van der Waals surface area (Å²) in [6, 6.07) is 0. The van der Waals surface area contributed by atoms with E-state index in [0.717, 1.165) is 13.0 Å². The largest absolute Gasteiger partial charge is 1.00 e. The van der Waals surface area contributed by atoms with Crippen LogP contribution in [0.1, 0.15) is 6.42 Å². The molecular weight excluding hydrogens is 187 g/mol. The van der Waals surface area contributed by atoms with E-state index in [9.17, 15) is 5.41 Å². The predicted octanol–water partition coefficient (Wildman–Crippen LogP) is -2.21. The number of rotatable bonds is 9. The van der Waals surface area contributed by atoms with Crippen LogP contribution >= 0.6 is 0 Å². The molecule has 0 saturated heterocycles. The number of nitrogens with zero attached hydrogens (tertiary/aromatic N) is 1. The molecule has 0 aliphatic rings. The summed E-state index contributed by atoms with van der Waals surface area (Å²) >= 11 is 0. The molecule has 0 fully saturated rings. The Bertz CT molecular complexity index is 175. The molecule has 4 nitrogen and oxygen atoms in total. The summed E-state index contributed by atoms with van der Waals surface area (Å²) in [4.78, 5) is 0. The zero-order valence-electron chi connectivity index (χ0n) is 9.58. The molecule has 0 atom stereocenters. The van der Waals surface area contributed by atoms with Crippen LogP contribution < -0.4 is 24.2 Å². The van der Waals surface area contributed by atoms with E-state index in [-0.39, 0.29) is 38.0 Å². The standard InChI is InChI=1S/C10H17N2O2.Li/c1-3-6-12-7-4-5-10(11)8-14-9-13-2;/h5,12H,1,3,6-9H2,2H3;/q-3;+1. The Morgan fingerprint density at radius 3 is 2.93 bits per heavy atom. The van der Waals surface area contributed by atoms with Gasteiger partial charge in [0.05, 0.1) is 0 Å². The average molecular weight is 204 g/mol. The molecule has 0 spiro atoms. The molecule has 0 bridgehead atoms. The van der Waals surface area contributed by atoms with Crippen molar-refractivity contribution in [1.82, 2.24) is 5.32 Å². The molecule has 0 rings (SSSR count). The third kappa shape index (κ3) is 13.9. The van der Waals surface area contributed by atoms with E-state index in [1.807, 2.05) is 0 Å². The summed E-state index contributed by atoms with van der Waals surface area (Å²) in [5.41, 5.74) is 0.137. The molecule has 0 amide bonds. The van der Waals surface area contributed by atoms with Crippen molar-refractivity contribution in [2.75, 3.05) is 33.6 Å². The summed E-state index contributed by atoms with van der Waals surface area (Å²) in [6.07, 6.45) is 5.21. The summed E-state index contributed by atoms with van der Waals surface area (Å²) < 4.78 is 9.56. The van der Waals surface area contributed by atoms with Gasteiger partial charge in [-0.3, -0.25) is 12.2 Å². The van der Waals surface area contributed by atoms with Gasteiger partial charge in [0.25, 0.3) is 0 Å².